The molecule has 2 aromatic rings. The van der Waals surface area contributed by atoms with Gasteiger partial charge in [0.05, 0.1) is 0 Å². The van der Waals surface area contributed by atoms with Crippen molar-refractivity contribution in [1.29, 1.82) is 0 Å². The van der Waals surface area contributed by atoms with E-state index < -0.39 is 0 Å². The van der Waals surface area contributed by atoms with Crippen molar-refractivity contribution in [2.45, 2.75) is 31.8 Å². The van der Waals surface area contributed by atoms with Gasteiger partial charge < -0.3 is 10.3 Å². The summed E-state index contributed by atoms with van der Waals surface area (Å²) in [5.41, 5.74) is 1.05. The first kappa shape index (κ1) is 15.7. The highest BCUT2D eigenvalue weighted by Crippen LogP contribution is 2.17. The van der Waals surface area contributed by atoms with Crippen LogP contribution in [0.2, 0.25) is 0 Å². The number of hydrogen-bond acceptors (Lipinski definition) is 6. The van der Waals surface area contributed by atoms with Crippen molar-refractivity contribution < 1.29 is 4.79 Å². The molecule has 21 heavy (non-hydrogen) atoms. The van der Waals surface area contributed by atoms with Gasteiger partial charge in [-0.25, -0.2) is 9.97 Å². The van der Waals surface area contributed by atoms with Crippen molar-refractivity contribution in [2.24, 2.45) is 0 Å². The summed E-state index contributed by atoms with van der Waals surface area (Å²) in [6.07, 6.45) is 4.14. The molecule has 2 heterocycles. The van der Waals surface area contributed by atoms with Crippen LogP contribution < -0.4 is 10.9 Å². The van der Waals surface area contributed by atoms with Crippen molar-refractivity contribution in [2.75, 3.05) is 11.6 Å². The number of aromatic nitrogens is 3. The molecule has 0 spiro atoms. The lowest BCUT2D eigenvalue weighted by Gasteiger charge is -2.05. The van der Waals surface area contributed by atoms with Gasteiger partial charge >= 0.3 is 0 Å². The number of aryl methyl sites for hydroxylation is 2. The van der Waals surface area contributed by atoms with E-state index in [9.17, 15) is 9.59 Å². The number of H-pyrrole nitrogens is 1. The van der Waals surface area contributed by atoms with E-state index in [1.54, 1.807) is 13.1 Å². The predicted octanol–water partition coefficient (Wildman–Crippen LogP) is 2.14. The second kappa shape index (κ2) is 6.86. The Morgan fingerprint density at radius 1 is 1.48 bits per heavy atom. The molecule has 0 aliphatic carbocycles. The first-order chi connectivity index (χ1) is 9.99. The van der Waals surface area contributed by atoms with Gasteiger partial charge in [0.1, 0.15) is 0 Å². The number of nitrogens with zero attached hydrogens (tertiary/aromatic N) is 2. The van der Waals surface area contributed by atoms with Gasteiger partial charge in [-0.15, -0.1) is 11.3 Å². The topological polar surface area (TPSA) is 87.7 Å². The Hall–Kier alpha value is -1.67. The van der Waals surface area contributed by atoms with Gasteiger partial charge in [-0.05, 0) is 26.5 Å². The van der Waals surface area contributed by atoms with Gasteiger partial charge in [0.2, 0.25) is 5.91 Å². The van der Waals surface area contributed by atoms with Gasteiger partial charge in [-0.3, -0.25) is 9.59 Å². The molecule has 0 saturated carbocycles. The SMILES string of the molecule is CSc1nc(C)c(CCC(=O)Nc2ncc(C)s2)c(=O)[nH]1. The maximum Gasteiger partial charge on any atom is 0.254 e. The summed E-state index contributed by atoms with van der Waals surface area (Å²) in [5, 5.41) is 3.90. The van der Waals surface area contributed by atoms with Crippen LogP contribution in [0.5, 0.6) is 0 Å². The van der Waals surface area contributed by atoms with Crippen LogP contribution in [-0.4, -0.2) is 27.1 Å². The second-order valence-electron chi connectivity index (χ2n) is 4.46. The van der Waals surface area contributed by atoms with Crippen LogP contribution in [0.1, 0.15) is 22.6 Å². The molecule has 2 N–H and O–H groups in total. The molecule has 2 aromatic heterocycles. The summed E-state index contributed by atoms with van der Waals surface area (Å²) < 4.78 is 0. The van der Waals surface area contributed by atoms with E-state index in [1.807, 2.05) is 13.2 Å². The molecule has 6 nitrogen and oxygen atoms in total. The number of carbonyl (C=O) groups excluding carboxylic acids is 1. The Kier molecular flexibility index (Phi) is 5.13. The van der Waals surface area contributed by atoms with Crippen LogP contribution in [-0.2, 0) is 11.2 Å². The number of hydrogen-bond donors (Lipinski definition) is 2. The second-order valence-corrected chi connectivity index (χ2v) is 6.49. The summed E-state index contributed by atoms with van der Waals surface area (Å²) in [6.45, 7) is 3.71. The lowest BCUT2D eigenvalue weighted by Crippen LogP contribution is -2.20. The standard InChI is InChI=1S/C13H16N4O2S2/c1-7-6-14-12(21-7)16-10(18)5-4-9-8(2)15-13(20-3)17-11(9)19/h6H,4-5H2,1-3H3,(H,14,16,18)(H,15,17,19). The average molecular weight is 324 g/mol. The Morgan fingerprint density at radius 2 is 2.24 bits per heavy atom. The van der Waals surface area contributed by atoms with E-state index in [1.165, 1.54) is 23.1 Å². The largest absolute Gasteiger partial charge is 0.302 e. The van der Waals surface area contributed by atoms with Crippen LogP contribution in [0.25, 0.3) is 0 Å². The van der Waals surface area contributed by atoms with Gasteiger partial charge in [0.25, 0.3) is 5.56 Å². The molecule has 1 amide bonds. The number of thiazole rings is 1. The minimum atomic E-state index is -0.176. The molecule has 0 saturated heterocycles. The molecule has 0 bridgehead atoms. The third-order valence-corrected chi connectivity index (χ3v) is 4.27. The van der Waals surface area contributed by atoms with Gasteiger partial charge in [0, 0.05) is 28.8 Å². The molecule has 2 rings (SSSR count). The summed E-state index contributed by atoms with van der Waals surface area (Å²) in [7, 11) is 0. The Morgan fingerprint density at radius 3 is 2.81 bits per heavy atom. The summed E-state index contributed by atoms with van der Waals surface area (Å²) in [5.74, 6) is -0.155. The van der Waals surface area contributed by atoms with Crippen molar-refractivity contribution in [3.63, 3.8) is 0 Å². The molecule has 0 aromatic carbocycles. The highest BCUT2D eigenvalue weighted by Gasteiger charge is 2.11. The number of rotatable bonds is 5. The molecule has 112 valence electrons. The zero-order chi connectivity index (χ0) is 15.4. The van der Waals surface area contributed by atoms with Crippen molar-refractivity contribution >= 4 is 34.1 Å². The van der Waals surface area contributed by atoms with Crippen molar-refractivity contribution in [3.05, 3.63) is 32.7 Å². The predicted molar refractivity (Wildman–Crippen MR) is 85.2 cm³/mol. The smallest absolute Gasteiger partial charge is 0.254 e. The fourth-order valence-electron chi connectivity index (χ4n) is 1.81. The quantitative estimate of drug-likeness (QED) is 0.650. The highest BCUT2D eigenvalue weighted by molar-refractivity contribution is 7.98. The number of nitrogens with one attached hydrogen (secondary N) is 2. The lowest BCUT2D eigenvalue weighted by molar-refractivity contribution is -0.116. The number of carbonyl (C=O) groups is 1. The number of aromatic amines is 1. The Labute approximate surface area is 130 Å². The van der Waals surface area contributed by atoms with E-state index >= 15 is 0 Å². The maximum absolute atomic E-state index is 11.9. The Balaban J connectivity index is 2.00. The molecule has 0 aliphatic rings. The molecule has 0 aliphatic heterocycles. The van der Waals surface area contributed by atoms with Crippen LogP contribution in [0.4, 0.5) is 5.13 Å². The third-order valence-electron chi connectivity index (χ3n) is 2.86. The van der Waals surface area contributed by atoms with E-state index in [4.69, 9.17) is 0 Å². The molecule has 0 unspecified atom stereocenters. The number of amides is 1. The van der Waals surface area contributed by atoms with E-state index in [0.717, 1.165) is 4.88 Å². The first-order valence-electron chi connectivity index (χ1n) is 6.35. The zero-order valence-corrected chi connectivity index (χ0v) is 13.7. The molecular weight excluding hydrogens is 308 g/mol. The Bertz CT molecular complexity index is 708. The van der Waals surface area contributed by atoms with E-state index in [2.05, 4.69) is 20.3 Å². The van der Waals surface area contributed by atoms with Gasteiger partial charge in [-0.2, -0.15) is 0 Å². The number of anilines is 1. The molecule has 0 fully saturated rings. The average Bonchev–Trinajstić information content (AvgIpc) is 2.82. The van der Waals surface area contributed by atoms with Crippen LogP contribution >= 0.6 is 23.1 Å². The van der Waals surface area contributed by atoms with Crippen LogP contribution in [0, 0.1) is 13.8 Å². The monoisotopic (exact) mass is 324 g/mol. The number of thioether (sulfide) groups is 1. The van der Waals surface area contributed by atoms with Crippen molar-refractivity contribution in [3.8, 4) is 0 Å². The summed E-state index contributed by atoms with van der Waals surface area (Å²) in [4.78, 5) is 35.9. The normalized spacial score (nSPS) is 10.6. The van der Waals surface area contributed by atoms with E-state index in [0.29, 0.717) is 28.0 Å². The van der Waals surface area contributed by atoms with Gasteiger partial charge in [0.15, 0.2) is 10.3 Å². The molecule has 0 radical (unpaired) electrons. The zero-order valence-electron chi connectivity index (χ0n) is 12.0. The highest BCUT2D eigenvalue weighted by atomic mass is 32.2. The molecule has 0 atom stereocenters. The van der Waals surface area contributed by atoms with Crippen LogP contribution in [0.3, 0.4) is 0 Å². The lowest BCUT2D eigenvalue weighted by atomic mass is 10.1. The molecular formula is C13H16N4O2S2. The fourth-order valence-corrected chi connectivity index (χ4v) is 2.91. The third kappa shape index (κ3) is 4.15. The first-order valence-corrected chi connectivity index (χ1v) is 8.39. The maximum atomic E-state index is 11.9. The molecule has 8 heteroatoms. The summed E-state index contributed by atoms with van der Waals surface area (Å²) >= 11 is 2.80. The van der Waals surface area contributed by atoms with Gasteiger partial charge in [-0.1, -0.05) is 11.8 Å². The fraction of sp³-hybridized carbons (Fsp3) is 0.385. The summed E-state index contributed by atoms with van der Waals surface area (Å²) in [6, 6.07) is 0. The minimum absolute atomic E-state index is 0.155. The minimum Gasteiger partial charge on any atom is -0.302 e. The van der Waals surface area contributed by atoms with E-state index in [-0.39, 0.29) is 17.9 Å². The van der Waals surface area contributed by atoms with Crippen LogP contribution in [0.15, 0.2) is 16.1 Å². The van der Waals surface area contributed by atoms with Crippen molar-refractivity contribution in [1.82, 2.24) is 15.0 Å².